The van der Waals surface area contributed by atoms with E-state index in [-0.39, 0.29) is 23.0 Å². The lowest BCUT2D eigenvalue weighted by Crippen LogP contribution is -2.30. The Kier molecular flexibility index (Phi) is 7.43. The first kappa shape index (κ1) is 18.5. The van der Waals surface area contributed by atoms with Gasteiger partial charge in [0.1, 0.15) is 5.75 Å². The van der Waals surface area contributed by atoms with Gasteiger partial charge in [0.15, 0.2) is 6.61 Å². The minimum Gasteiger partial charge on any atom is -0.482 e. The van der Waals surface area contributed by atoms with Crippen LogP contribution in [0.3, 0.4) is 0 Å². The summed E-state index contributed by atoms with van der Waals surface area (Å²) in [5.74, 6) is -0.564. The van der Waals surface area contributed by atoms with Crippen LogP contribution >= 0.6 is 11.6 Å². The average Bonchev–Trinajstić information content (AvgIpc) is 2.43. The number of hydrogen-bond acceptors (Lipinski definition) is 4. The van der Waals surface area contributed by atoms with Crippen molar-refractivity contribution in [3.8, 4) is 5.75 Å². The van der Waals surface area contributed by atoms with Crippen molar-refractivity contribution in [3.05, 3.63) is 23.2 Å². The molecule has 1 amide bonds. The smallest absolute Gasteiger partial charge is 0.422 e. The third-order valence-electron chi connectivity index (χ3n) is 2.38. The fourth-order valence-corrected chi connectivity index (χ4v) is 1.61. The maximum absolute atomic E-state index is 12.2. The number of benzene rings is 1. The number of alkyl halides is 3. The molecule has 22 heavy (non-hydrogen) atoms. The van der Waals surface area contributed by atoms with Crippen LogP contribution < -0.4 is 15.4 Å². The summed E-state index contributed by atoms with van der Waals surface area (Å²) in [6.45, 7) is -0.566. The molecule has 0 spiro atoms. The van der Waals surface area contributed by atoms with Crippen LogP contribution in [0.25, 0.3) is 0 Å². The molecule has 0 aromatic heterocycles. The normalized spacial score (nSPS) is 11.3. The number of ether oxygens (including phenoxy) is 2. The Morgan fingerprint density at radius 3 is 2.73 bits per heavy atom. The summed E-state index contributed by atoms with van der Waals surface area (Å²) >= 11 is 5.72. The maximum Gasteiger partial charge on any atom is 0.422 e. The minimum absolute atomic E-state index is 0.00923. The van der Waals surface area contributed by atoms with E-state index in [1.807, 2.05) is 0 Å². The van der Waals surface area contributed by atoms with E-state index in [0.29, 0.717) is 13.2 Å². The molecule has 0 heterocycles. The molecule has 1 aromatic rings. The van der Waals surface area contributed by atoms with Crippen molar-refractivity contribution in [1.82, 2.24) is 5.32 Å². The largest absolute Gasteiger partial charge is 0.482 e. The van der Waals surface area contributed by atoms with Crippen LogP contribution in [0.5, 0.6) is 5.75 Å². The van der Waals surface area contributed by atoms with E-state index in [2.05, 4.69) is 15.4 Å². The lowest BCUT2D eigenvalue weighted by molar-refractivity contribution is -0.153. The van der Waals surface area contributed by atoms with Gasteiger partial charge in [0.25, 0.3) is 0 Å². The molecule has 0 bridgehead atoms. The second-order valence-electron chi connectivity index (χ2n) is 4.26. The van der Waals surface area contributed by atoms with Crippen LogP contribution in [0.4, 0.5) is 18.9 Å². The Morgan fingerprint density at radius 1 is 1.36 bits per heavy atom. The number of nitrogens with one attached hydrogen (secondary N) is 2. The van der Waals surface area contributed by atoms with Crippen LogP contribution in [-0.4, -0.2) is 45.5 Å². The third-order valence-corrected chi connectivity index (χ3v) is 2.61. The molecule has 1 aromatic carbocycles. The molecule has 0 fully saturated rings. The quantitative estimate of drug-likeness (QED) is 0.714. The second-order valence-corrected chi connectivity index (χ2v) is 4.70. The Labute approximate surface area is 130 Å². The maximum atomic E-state index is 12.2. The molecule has 0 radical (unpaired) electrons. The van der Waals surface area contributed by atoms with Gasteiger partial charge >= 0.3 is 6.18 Å². The summed E-state index contributed by atoms with van der Waals surface area (Å²) in [4.78, 5) is 11.7. The van der Waals surface area contributed by atoms with E-state index >= 15 is 0 Å². The average molecular weight is 341 g/mol. The number of rotatable bonds is 8. The molecule has 0 atom stereocenters. The van der Waals surface area contributed by atoms with Crippen molar-refractivity contribution < 1.29 is 27.4 Å². The fourth-order valence-electron chi connectivity index (χ4n) is 1.45. The van der Waals surface area contributed by atoms with E-state index in [0.717, 1.165) is 0 Å². The first-order valence-electron chi connectivity index (χ1n) is 6.30. The Hall–Kier alpha value is -1.51. The van der Waals surface area contributed by atoms with Gasteiger partial charge < -0.3 is 20.1 Å². The van der Waals surface area contributed by atoms with E-state index < -0.39 is 18.7 Å². The highest BCUT2D eigenvalue weighted by Gasteiger charge is 2.29. The molecule has 9 heteroatoms. The Morgan fingerprint density at radius 2 is 2.09 bits per heavy atom. The molecular formula is C13H16ClF3N2O3. The monoisotopic (exact) mass is 340 g/mol. The standard InChI is InChI=1S/C13H16ClF3N2O3/c1-21-5-4-18-7-12(20)19-10-3-2-9(14)6-11(10)22-8-13(15,16)17/h2-3,6,18H,4-5,7-8H2,1H3,(H,19,20). The number of anilines is 1. The Bertz CT molecular complexity index is 498. The van der Waals surface area contributed by atoms with Gasteiger partial charge in [-0.2, -0.15) is 13.2 Å². The predicted molar refractivity (Wildman–Crippen MR) is 76.4 cm³/mol. The highest BCUT2D eigenvalue weighted by molar-refractivity contribution is 6.30. The molecule has 0 saturated heterocycles. The third kappa shape index (κ3) is 7.48. The van der Waals surface area contributed by atoms with Crippen molar-refractivity contribution in [3.63, 3.8) is 0 Å². The second kappa shape index (κ2) is 8.82. The molecule has 0 saturated carbocycles. The summed E-state index contributed by atoms with van der Waals surface area (Å²) in [7, 11) is 1.53. The van der Waals surface area contributed by atoms with Crippen LogP contribution in [0.15, 0.2) is 18.2 Å². The van der Waals surface area contributed by atoms with Gasteiger partial charge in [0, 0.05) is 24.7 Å². The minimum atomic E-state index is -4.48. The highest BCUT2D eigenvalue weighted by atomic mass is 35.5. The van der Waals surface area contributed by atoms with Crippen molar-refractivity contribution in [1.29, 1.82) is 0 Å². The van der Waals surface area contributed by atoms with Gasteiger partial charge in [-0.3, -0.25) is 4.79 Å². The predicted octanol–water partition coefficient (Wildman–Crippen LogP) is 2.46. The lowest BCUT2D eigenvalue weighted by Gasteiger charge is -2.14. The summed E-state index contributed by atoms with van der Waals surface area (Å²) in [5, 5.41) is 5.47. The summed E-state index contributed by atoms with van der Waals surface area (Å²) in [6.07, 6.45) is -4.48. The molecule has 2 N–H and O–H groups in total. The van der Waals surface area contributed by atoms with Gasteiger partial charge in [-0.15, -0.1) is 0 Å². The Balaban J connectivity index is 2.63. The highest BCUT2D eigenvalue weighted by Crippen LogP contribution is 2.29. The number of methoxy groups -OCH3 is 1. The molecule has 5 nitrogen and oxygen atoms in total. The van der Waals surface area contributed by atoms with Gasteiger partial charge in [0.2, 0.25) is 5.91 Å². The number of halogens is 4. The number of amides is 1. The molecule has 0 aliphatic heterocycles. The zero-order valence-corrected chi connectivity index (χ0v) is 12.6. The van der Waals surface area contributed by atoms with E-state index in [1.165, 1.54) is 25.3 Å². The number of carbonyl (C=O) groups excluding carboxylic acids is 1. The van der Waals surface area contributed by atoms with Gasteiger partial charge in [-0.05, 0) is 12.1 Å². The van der Waals surface area contributed by atoms with Gasteiger partial charge in [0.05, 0.1) is 18.8 Å². The zero-order valence-electron chi connectivity index (χ0n) is 11.8. The molecule has 1 rings (SSSR count). The first-order chi connectivity index (χ1) is 10.3. The molecule has 124 valence electrons. The van der Waals surface area contributed by atoms with Crippen molar-refractivity contribution in [2.45, 2.75) is 6.18 Å². The van der Waals surface area contributed by atoms with Crippen LogP contribution in [-0.2, 0) is 9.53 Å². The summed E-state index contributed by atoms with van der Waals surface area (Å²) < 4.78 is 46.1. The van der Waals surface area contributed by atoms with E-state index in [4.69, 9.17) is 16.3 Å². The van der Waals surface area contributed by atoms with E-state index in [9.17, 15) is 18.0 Å². The fraction of sp³-hybridized carbons (Fsp3) is 0.462. The topological polar surface area (TPSA) is 59.6 Å². The molecule has 0 unspecified atom stereocenters. The SMILES string of the molecule is COCCNCC(=O)Nc1ccc(Cl)cc1OCC(F)(F)F. The summed E-state index contributed by atoms with van der Waals surface area (Å²) in [6, 6.07) is 4.03. The zero-order chi connectivity index (χ0) is 16.6. The van der Waals surface area contributed by atoms with Crippen LogP contribution in [0.2, 0.25) is 5.02 Å². The van der Waals surface area contributed by atoms with E-state index in [1.54, 1.807) is 0 Å². The van der Waals surface area contributed by atoms with Crippen LogP contribution in [0.1, 0.15) is 0 Å². The van der Waals surface area contributed by atoms with Crippen molar-refractivity contribution in [2.24, 2.45) is 0 Å². The van der Waals surface area contributed by atoms with Crippen molar-refractivity contribution >= 4 is 23.2 Å². The molecule has 0 aliphatic carbocycles. The van der Waals surface area contributed by atoms with Gasteiger partial charge in [-0.25, -0.2) is 0 Å². The van der Waals surface area contributed by atoms with Crippen LogP contribution in [0, 0.1) is 0 Å². The first-order valence-corrected chi connectivity index (χ1v) is 6.68. The number of carbonyl (C=O) groups is 1. The summed E-state index contributed by atoms with van der Waals surface area (Å²) in [5.41, 5.74) is 0.118. The number of hydrogen-bond donors (Lipinski definition) is 2. The molecular weight excluding hydrogens is 325 g/mol. The van der Waals surface area contributed by atoms with Gasteiger partial charge in [-0.1, -0.05) is 11.6 Å². The van der Waals surface area contributed by atoms with Crippen molar-refractivity contribution in [2.75, 3.05) is 38.7 Å². The molecule has 0 aliphatic rings. The lowest BCUT2D eigenvalue weighted by atomic mass is 10.3.